The van der Waals surface area contributed by atoms with Gasteiger partial charge in [0.05, 0.1) is 10.0 Å². The third-order valence-electron chi connectivity index (χ3n) is 2.89. The predicted octanol–water partition coefficient (Wildman–Crippen LogP) is 3.76. The number of carboxylic acids is 1. The molecule has 0 aliphatic heterocycles. The van der Waals surface area contributed by atoms with Crippen LogP contribution in [0, 0.1) is 0 Å². The average Bonchev–Trinajstić information content (AvgIpc) is 2.86. The number of benzene rings is 1. The van der Waals surface area contributed by atoms with Gasteiger partial charge in [0.25, 0.3) is 0 Å². The Kier molecular flexibility index (Phi) is 5.59. The van der Waals surface area contributed by atoms with E-state index < -0.39 is 5.97 Å². The Morgan fingerprint density at radius 2 is 2.05 bits per heavy atom. The summed E-state index contributed by atoms with van der Waals surface area (Å²) in [6, 6.07) is 5.36. The van der Waals surface area contributed by atoms with Crippen LogP contribution >= 0.6 is 23.2 Å². The first-order valence-electron chi connectivity index (χ1n) is 6.52. The Labute approximate surface area is 131 Å². The summed E-state index contributed by atoms with van der Waals surface area (Å²) in [6.45, 7) is 0. The maximum Gasteiger partial charge on any atom is 0.303 e. The normalized spacial score (nSPS) is 10.8. The summed E-state index contributed by atoms with van der Waals surface area (Å²) in [7, 11) is 0. The molecule has 0 bridgehead atoms. The van der Waals surface area contributed by atoms with E-state index in [1.165, 1.54) is 0 Å². The number of aromatic nitrogens is 2. The van der Waals surface area contributed by atoms with Crippen LogP contribution in [0.1, 0.15) is 36.5 Å². The standard InChI is InChI=1S/C14H14Cl2N2O3/c15-10-6-5-9(7-11(10)16)8-12-17-13(21-18-12)3-1-2-4-14(19)20/h5-7H,1-4,8H2,(H,19,20). The SMILES string of the molecule is O=C(O)CCCCc1nc(Cc2ccc(Cl)c(Cl)c2)no1. The Morgan fingerprint density at radius 3 is 2.76 bits per heavy atom. The van der Waals surface area contributed by atoms with E-state index in [-0.39, 0.29) is 6.42 Å². The van der Waals surface area contributed by atoms with Crippen molar-refractivity contribution < 1.29 is 14.4 Å². The van der Waals surface area contributed by atoms with Crippen molar-refractivity contribution in [3.8, 4) is 0 Å². The lowest BCUT2D eigenvalue weighted by atomic mass is 10.1. The van der Waals surface area contributed by atoms with Gasteiger partial charge in [-0.05, 0) is 30.5 Å². The number of hydrogen-bond acceptors (Lipinski definition) is 4. The lowest BCUT2D eigenvalue weighted by Crippen LogP contribution is -1.95. The molecule has 5 nitrogen and oxygen atoms in total. The molecule has 2 aromatic rings. The van der Waals surface area contributed by atoms with Gasteiger partial charge in [0.2, 0.25) is 5.89 Å². The number of aryl methyl sites for hydroxylation is 1. The maximum atomic E-state index is 10.4. The number of carboxylic acid groups (broad SMARTS) is 1. The third kappa shape index (κ3) is 5.02. The molecule has 0 amide bonds. The summed E-state index contributed by atoms with van der Waals surface area (Å²) >= 11 is 11.8. The fraction of sp³-hybridized carbons (Fsp3) is 0.357. The molecule has 0 unspecified atom stereocenters. The molecule has 2 rings (SSSR count). The molecular weight excluding hydrogens is 315 g/mol. The van der Waals surface area contributed by atoms with E-state index in [0.29, 0.717) is 47.4 Å². The highest BCUT2D eigenvalue weighted by Crippen LogP contribution is 2.23. The van der Waals surface area contributed by atoms with Crippen LogP contribution in [0.15, 0.2) is 22.7 Å². The van der Waals surface area contributed by atoms with Crippen LogP contribution in [0.25, 0.3) is 0 Å². The molecular formula is C14H14Cl2N2O3. The van der Waals surface area contributed by atoms with Crippen molar-refractivity contribution in [3.63, 3.8) is 0 Å². The van der Waals surface area contributed by atoms with E-state index in [4.69, 9.17) is 32.8 Å². The molecule has 0 radical (unpaired) electrons. The van der Waals surface area contributed by atoms with Gasteiger partial charge >= 0.3 is 5.97 Å². The molecule has 112 valence electrons. The van der Waals surface area contributed by atoms with Gasteiger partial charge in [-0.1, -0.05) is 34.4 Å². The second-order valence-corrected chi connectivity index (χ2v) is 5.44. The zero-order valence-corrected chi connectivity index (χ0v) is 12.7. The van der Waals surface area contributed by atoms with Crippen molar-refractivity contribution in [1.29, 1.82) is 0 Å². The summed E-state index contributed by atoms with van der Waals surface area (Å²) in [6.07, 6.45) is 2.56. The smallest absolute Gasteiger partial charge is 0.303 e. The Balaban J connectivity index is 1.87. The van der Waals surface area contributed by atoms with Crippen LogP contribution in [0.5, 0.6) is 0 Å². The minimum absolute atomic E-state index is 0.157. The Bertz CT molecular complexity index is 628. The molecule has 1 aromatic carbocycles. The van der Waals surface area contributed by atoms with Gasteiger partial charge in [0, 0.05) is 19.3 Å². The first kappa shape index (κ1) is 15.8. The zero-order valence-electron chi connectivity index (χ0n) is 11.2. The van der Waals surface area contributed by atoms with Crippen LogP contribution < -0.4 is 0 Å². The van der Waals surface area contributed by atoms with Crippen LogP contribution in [0.2, 0.25) is 10.0 Å². The van der Waals surface area contributed by atoms with Gasteiger partial charge in [-0.15, -0.1) is 0 Å². The lowest BCUT2D eigenvalue weighted by Gasteiger charge is -1.99. The van der Waals surface area contributed by atoms with E-state index in [1.54, 1.807) is 12.1 Å². The highest BCUT2D eigenvalue weighted by molar-refractivity contribution is 6.42. The quantitative estimate of drug-likeness (QED) is 0.783. The molecule has 1 N–H and O–H groups in total. The van der Waals surface area contributed by atoms with Crippen molar-refractivity contribution in [3.05, 3.63) is 45.5 Å². The monoisotopic (exact) mass is 328 g/mol. The van der Waals surface area contributed by atoms with E-state index >= 15 is 0 Å². The number of aliphatic carboxylic acids is 1. The Hall–Kier alpha value is -1.59. The lowest BCUT2D eigenvalue weighted by molar-refractivity contribution is -0.137. The molecule has 0 saturated heterocycles. The fourth-order valence-electron chi connectivity index (χ4n) is 1.85. The van der Waals surface area contributed by atoms with Crippen molar-refractivity contribution in [2.45, 2.75) is 32.1 Å². The molecule has 7 heteroatoms. The first-order valence-corrected chi connectivity index (χ1v) is 7.27. The number of hydrogen-bond donors (Lipinski definition) is 1. The van der Waals surface area contributed by atoms with Crippen LogP contribution in [0.3, 0.4) is 0 Å². The molecule has 21 heavy (non-hydrogen) atoms. The highest BCUT2D eigenvalue weighted by Gasteiger charge is 2.08. The van der Waals surface area contributed by atoms with Crippen molar-refractivity contribution in [2.75, 3.05) is 0 Å². The maximum absolute atomic E-state index is 10.4. The van der Waals surface area contributed by atoms with Crippen molar-refractivity contribution in [1.82, 2.24) is 10.1 Å². The van der Waals surface area contributed by atoms with E-state index in [1.807, 2.05) is 6.07 Å². The molecule has 0 atom stereocenters. The Morgan fingerprint density at radius 1 is 1.24 bits per heavy atom. The van der Waals surface area contributed by atoms with Crippen molar-refractivity contribution >= 4 is 29.2 Å². The van der Waals surface area contributed by atoms with Gasteiger partial charge in [-0.2, -0.15) is 4.98 Å². The number of carbonyl (C=O) groups is 1. The molecule has 0 aliphatic rings. The van der Waals surface area contributed by atoms with Gasteiger partial charge in [-0.25, -0.2) is 0 Å². The van der Waals surface area contributed by atoms with Crippen LogP contribution in [0.4, 0.5) is 0 Å². The minimum Gasteiger partial charge on any atom is -0.481 e. The number of unbranched alkanes of at least 4 members (excludes halogenated alkanes) is 1. The number of rotatable bonds is 7. The van der Waals surface area contributed by atoms with Gasteiger partial charge in [-0.3, -0.25) is 4.79 Å². The van der Waals surface area contributed by atoms with E-state index in [2.05, 4.69) is 10.1 Å². The second kappa shape index (κ2) is 7.43. The third-order valence-corrected chi connectivity index (χ3v) is 3.63. The van der Waals surface area contributed by atoms with Gasteiger partial charge in [0.15, 0.2) is 5.82 Å². The van der Waals surface area contributed by atoms with Crippen LogP contribution in [-0.2, 0) is 17.6 Å². The van der Waals surface area contributed by atoms with Gasteiger partial charge in [0.1, 0.15) is 0 Å². The summed E-state index contributed by atoms with van der Waals surface area (Å²) in [4.78, 5) is 14.7. The van der Waals surface area contributed by atoms with E-state index in [9.17, 15) is 4.79 Å². The highest BCUT2D eigenvalue weighted by atomic mass is 35.5. The molecule has 0 aliphatic carbocycles. The summed E-state index contributed by atoms with van der Waals surface area (Å²) < 4.78 is 5.13. The summed E-state index contributed by atoms with van der Waals surface area (Å²) in [5.74, 6) is 0.304. The topological polar surface area (TPSA) is 76.2 Å². The molecule has 1 aromatic heterocycles. The number of nitrogens with zero attached hydrogens (tertiary/aromatic N) is 2. The molecule has 0 fully saturated rings. The predicted molar refractivity (Wildman–Crippen MR) is 78.8 cm³/mol. The molecule has 0 saturated carbocycles. The van der Waals surface area contributed by atoms with Gasteiger partial charge < -0.3 is 9.63 Å². The van der Waals surface area contributed by atoms with E-state index in [0.717, 1.165) is 5.56 Å². The largest absolute Gasteiger partial charge is 0.481 e. The first-order chi connectivity index (χ1) is 10.0. The average molecular weight is 329 g/mol. The summed E-state index contributed by atoms with van der Waals surface area (Å²) in [5.41, 5.74) is 0.947. The summed E-state index contributed by atoms with van der Waals surface area (Å²) in [5, 5.41) is 13.4. The fourth-order valence-corrected chi connectivity index (χ4v) is 2.17. The van der Waals surface area contributed by atoms with Crippen molar-refractivity contribution in [2.24, 2.45) is 0 Å². The minimum atomic E-state index is -0.791. The molecule has 0 spiro atoms. The zero-order chi connectivity index (χ0) is 15.2. The number of halogens is 2. The van der Waals surface area contributed by atoms with Crippen LogP contribution in [-0.4, -0.2) is 21.2 Å². The second-order valence-electron chi connectivity index (χ2n) is 4.63. The molecule has 1 heterocycles.